The average Bonchev–Trinajstić information content (AvgIpc) is 3.15. The molecule has 2 N–H and O–H groups in total. The van der Waals surface area contributed by atoms with E-state index in [0.29, 0.717) is 17.3 Å². The van der Waals surface area contributed by atoms with Crippen LogP contribution in [-0.4, -0.2) is 26.6 Å². The number of hydrogen-bond donors (Lipinski definition) is 2. The van der Waals surface area contributed by atoms with Crippen molar-refractivity contribution in [3.8, 4) is 11.5 Å². The van der Waals surface area contributed by atoms with Crippen molar-refractivity contribution < 1.29 is 14.0 Å². The molecule has 0 unspecified atom stereocenters. The molecule has 0 fully saturated rings. The summed E-state index contributed by atoms with van der Waals surface area (Å²) in [4.78, 5) is 28.4. The SMILES string of the molecule is Cc1cc(C)n(CC(=O)NNC(=O)Cc2nc(-c3ccccc3)oc2C)n1. The number of carbonyl (C=O) groups is 2. The number of amides is 2. The lowest BCUT2D eigenvalue weighted by Gasteiger charge is -2.08. The van der Waals surface area contributed by atoms with Gasteiger partial charge in [0, 0.05) is 11.3 Å². The molecule has 8 nitrogen and oxygen atoms in total. The molecule has 140 valence electrons. The summed E-state index contributed by atoms with van der Waals surface area (Å²) in [5, 5.41) is 4.21. The molecule has 2 aromatic heterocycles. The molecule has 0 aliphatic heterocycles. The zero-order valence-electron chi connectivity index (χ0n) is 15.4. The van der Waals surface area contributed by atoms with Crippen LogP contribution in [0.5, 0.6) is 0 Å². The topological polar surface area (TPSA) is 102 Å². The summed E-state index contributed by atoms with van der Waals surface area (Å²) in [6, 6.07) is 11.3. The van der Waals surface area contributed by atoms with E-state index in [2.05, 4.69) is 20.9 Å². The van der Waals surface area contributed by atoms with Crippen LogP contribution in [0, 0.1) is 20.8 Å². The Morgan fingerprint density at radius 1 is 1.07 bits per heavy atom. The summed E-state index contributed by atoms with van der Waals surface area (Å²) in [5.74, 6) is 0.284. The highest BCUT2D eigenvalue weighted by atomic mass is 16.4. The molecule has 3 aromatic rings. The van der Waals surface area contributed by atoms with E-state index in [1.165, 1.54) is 0 Å². The number of hydrazine groups is 1. The van der Waals surface area contributed by atoms with Crippen molar-refractivity contribution in [1.29, 1.82) is 0 Å². The van der Waals surface area contributed by atoms with Gasteiger partial charge in [-0.25, -0.2) is 4.98 Å². The van der Waals surface area contributed by atoms with Crippen LogP contribution in [-0.2, 0) is 22.6 Å². The van der Waals surface area contributed by atoms with Gasteiger partial charge < -0.3 is 4.42 Å². The third kappa shape index (κ3) is 4.60. The van der Waals surface area contributed by atoms with Gasteiger partial charge in [-0.3, -0.25) is 25.1 Å². The Morgan fingerprint density at radius 3 is 2.44 bits per heavy atom. The van der Waals surface area contributed by atoms with Crippen molar-refractivity contribution in [1.82, 2.24) is 25.6 Å². The van der Waals surface area contributed by atoms with Gasteiger partial charge in [0.15, 0.2) is 0 Å². The van der Waals surface area contributed by atoms with E-state index >= 15 is 0 Å². The van der Waals surface area contributed by atoms with E-state index < -0.39 is 0 Å². The second-order valence-electron chi connectivity index (χ2n) is 6.25. The summed E-state index contributed by atoms with van der Waals surface area (Å²) in [6.45, 7) is 5.50. The van der Waals surface area contributed by atoms with Crippen molar-refractivity contribution in [2.24, 2.45) is 0 Å². The maximum Gasteiger partial charge on any atom is 0.260 e. The second kappa shape index (κ2) is 7.86. The lowest BCUT2D eigenvalue weighted by Crippen LogP contribution is -2.44. The third-order valence-electron chi connectivity index (χ3n) is 3.98. The maximum atomic E-state index is 12.1. The van der Waals surface area contributed by atoms with Gasteiger partial charge in [0.25, 0.3) is 5.91 Å². The van der Waals surface area contributed by atoms with Gasteiger partial charge in [0.2, 0.25) is 11.8 Å². The molecular weight excluding hydrogens is 346 g/mol. The number of rotatable bonds is 5. The number of hydrogen-bond acceptors (Lipinski definition) is 5. The number of nitrogens with zero attached hydrogens (tertiary/aromatic N) is 3. The molecule has 27 heavy (non-hydrogen) atoms. The molecular formula is C19H21N5O3. The van der Waals surface area contributed by atoms with E-state index in [-0.39, 0.29) is 24.8 Å². The van der Waals surface area contributed by atoms with Crippen LogP contribution in [0.4, 0.5) is 0 Å². The fraction of sp³-hybridized carbons (Fsp3) is 0.263. The van der Waals surface area contributed by atoms with Gasteiger partial charge in [-0.05, 0) is 39.0 Å². The zero-order valence-corrected chi connectivity index (χ0v) is 15.4. The third-order valence-corrected chi connectivity index (χ3v) is 3.98. The molecule has 0 atom stereocenters. The van der Waals surface area contributed by atoms with Gasteiger partial charge in [-0.15, -0.1) is 0 Å². The fourth-order valence-electron chi connectivity index (χ4n) is 2.64. The van der Waals surface area contributed by atoms with Crippen LogP contribution >= 0.6 is 0 Å². The summed E-state index contributed by atoms with van der Waals surface area (Å²) in [5.41, 5.74) is 7.85. The van der Waals surface area contributed by atoms with E-state index in [1.54, 1.807) is 11.6 Å². The van der Waals surface area contributed by atoms with Crippen LogP contribution in [0.3, 0.4) is 0 Å². The largest absolute Gasteiger partial charge is 0.441 e. The first kappa shape index (κ1) is 18.4. The van der Waals surface area contributed by atoms with Gasteiger partial charge in [0.05, 0.1) is 17.8 Å². The summed E-state index contributed by atoms with van der Waals surface area (Å²) < 4.78 is 7.21. The first-order valence-electron chi connectivity index (χ1n) is 8.53. The summed E-state index contributed by atoms with van der Waals surface area (Å²) >= 11 is 0. The molecule has 8 heteroatoms. The molecule has 0 aliphatic carbocycles. The van der Waals surface area contributed by atoms with Gasteiger partial charge in [-0.2, -0.15) is 5.10 Å². The first-order valence-corrected chi connectivity index (χ1v) is 8.53. The van der Waals surface area contributed by atoms with E-state index in [4.69, 9.17) is 4.42 Å². The number of oxazole rings is 1. The number of carbonyl (C=O) groups excluding carboxylic acids is 2. The lowest BCUT2D eigenvalue weighted by atomic mass is 10.2. The lowest BCUT2D eigenvalue weighted by molar-refractivity contribution is -0.129. The molecule has 0 spiro atoms. The molecule has 2 heterocycles. The van der Waals surface area contributed by atoms with Gasteiger partial charge in [0.1, 0.15) is 12.3 Å². The van der Waals surface area contributed by atoms with E-state index in [0.717, 1.165) is 17.0 Å². The summed E-state index contributed by atoms with van der Waals surface area (Å²) in [6.07, 6.45) is 0.00233. The van der Waals surface area contributed by atoms with Crippen LogP contribution in [0.25, 0.3) is 11.5 Å². The Bertz CT molecular complexity index is 959. The standard InChI is InChI=1S/C19H21N5O3/c1-12-9-13(2)24(23-12)11-18(26)22-21-17(25)10-16-14(3)27-19(20-16)15-7-5-4-6-8-15/h4-9H,10-11H2,1-3H3,(H,21,25)(H,22,26). The highest BCUT2D eigenvalue weighted by molar-refractivity contribution is 5.83. The van der Waals surface area contributed by atoms with Crippen molar-refractivity contribution in [3.63, 3.8) is 0 Å². The summed E-state index contributed by atoms with van der Waals surface area (Å²) in [7, 11) is 0. The molecule has 0 bridgehead atoms. The highest BCUT2D eigenvalue weighted by Gasteiger charge is 2.15. The molecule has 2 amide bonds. The first-order chi connectivity index (χ1) is 12.9. The second-order valence-corrected chi connectivity index (χ2v) is 6.25. The number of aryl methyl sites for hydroxylation is 3. The number of benzene rings is 1. The van der Waals surface area contributed by atoms with E-state index in [9.17, 15) is 9.59 Å². The predicted molar refractivity (Wildman–Crippen MR) is 98.4 cm³/mol. The molecule has 0 aliphatic rings. The monoisotopic (exact) mass is 367 g/mol. The van der Waals surface area contributed by atoms with Crippen molar-refractivity contribution in [3.05, 3.63) is 59.2 Å². The van der Waals surface area contributed by atoms with Crippen molar-refractivity contribution in [2.45, 2.75) is 33.7 Å². The molecule has 0 saturated carbocycles. The minimum Gasteiger partial charge on any atom is -0.441 e. The zero-order chi connectivity index (χ0) is 19.4. The van der Waals surface area contributed by atoms with Gasteiger partial charge in [-0.1, -0.05) is 18.2 Å². The quantitative estimate of drug-likeness (QED) is 0.670. The molecule has 1 aromatic carbocycles. The Hall–Kier alpha value is -3.42. The number of nitrogens with one attached hydrogen (secondary N) is 2. The van der Waals surface area contributed by atoms with Crippen molar-refractivity contribution in [2.75, 3.05) is 0 Å². The Morgan fingerprint density at radius 2 is 1.78 bits per heavy atom. The molecule has 0 saturated heterocycles. The highest BCUT2D eigenvalue weighted by Crippen LogP contribution is 2.21. The van der Waals surface area contributed by atoms with Gasteiger partial charge >= 0.3 is 0 Å². The van der Waals surface area contributed by atoms with Crippen molar-refractivity contribution >= 4 is 11.8 Å². The predicted octanol–water partition coefficient (Wildman–Crippen LogP) is 1.85. The normalized spacial score (nSPS) is 10.6. The van der Waals surface area contributed by atoms with Crippen LogP contribution in [0.2, 0.25) is 0 Å². The Balaban J connectivity index is 1.54. The fourth-order valence-corrected chi connectivity index (χ4v) is 2.64. The molecule has 0 radical (unpaired) electrons. The van der Waals surface area contributed by atoms with Crippen LogP contribution in [0.1, 0.15) is 22.8 Å². The number of aromatic nitrogens is 3. The Kier molecular flexibility index (Phi) is 5.35. The smallest absolute Gasteiger partial charge is 0.260 e. The van der Waals surface area contributed by atoms with Crippen LogP contribution in [0.15, 0.2) is 40.8 Å². The Labute approximate surface area is 156 Å². The average molecular weight is 367 g/mol. The maximum absolute atomic E-state index is 12.1. The minimum absolute atomic E-state index is 0.00233. The molecule has 3 rings (SSSR count). The van der Waals surface area contributed by atoms with Crippen LogP contribution < -0.4 is 10.9 Å². The minimum atomic E-state index is -0.382. The van der Waals surface area contributed by atoms with E-state index in [1.807, 2.05) is 50.2 Å².